The molecule has 1 heterocycles. The lowest BCUT2D eigenvalue weighted by Gasteiger charge is -2.04. The summed E-state index contributed by atoms with van der Waals surface area (Å²) < 4.78 is 0. The van der Waals surface area contributed by atoms with Gasteiger partial charge < -0.3 is 5.32 Å². The minimum atomic E-state index is -0.572. The largest absolute Gasteiger partial charge is 0.309 e. The molecule has 1 rings (SSSR count). The maximum Gasteiger partial charge on any atom is 0.243 e. The molecule has 0 fully saturated rings. The quantitative estimate of drug-likeness (QED) is 0.775. The normalized spacial score (nSPS) is 12.2. The van der Waals surface area contributed by atoms with E-state index >= 15 is 0 Å². The molecular weight excluding hydrogens is 211 g/mol. The molecule has 13 heavy (non-hydrogen) atoms. The van der Waals surface area contributed by atoms with Gasteiger partial charge in [0.25, 0.3) is 0 Å². The fourth-order valence-corrected chi connectivity index (χ4v) is 0.842. The molecule has 1 N–H and O–H groups in total. The Morgan fingerprint density at radius 2 is 2.31 bits per heavy atom. The van der Waals surface area contributed by atoms with E-state index in [1.54, 1.807) is 19.1 Å². The number of amides is 1. The molecule has 1 atom stereocenters. The van der Waals surface area contributed by atoms with Gasteiger partial charge in [-0.3, -0.25) is 4.79 Å². The van der Waals surface area contributed by atoms with Crippen LogP contribution in [0.15, 0.2) is 18.3 Å². The third-order valence-electron chi connectivity index (χ3n) is 1.34. The van der Waals surface area contributed by atoms with E-state index in [2.05, 4.69) is 10.3 Å². The van der Waals surface area contributed by atoms with E-state index in [1.165, 1.54) is 6.20 Å². The van der Waals surface area contributed by atoms with E-state index in [9.17, 15) is 4.79 Å². The molecule has 0 radical (unpaired) electrons. The van der Waals surface area contributed by atoms with Crippen LogP contribution in [0.2, 0.25) is 5.02 Å². The fraction of sp³-hybridized carbons (Fsp3) is 0.250. The lowest BCUT2D eigenvalue weighted by Crippen LogP contribution is -2.20. The molecule has 1 aromatic heterocycles. The number of rotatable bonds is 2. The Bertz CT molecular complexity index is 298. The Kier molecular flexibility index (Phi) is 3.51. The van der Waals surface area contributed by atoms with Crippen molar-refractivity contribution in [2.45, 2.75) is 12.3 Å². The van der Waals surface area contributed by atoms with Gasteiger partial charge in [0.15, 0.2) is 0 Å². The topological polar surface area (TPSA) is 42.0 Å². The highest BCUT2D eigenvalue weighted by molar-refractivity contribution is 6.32. The first-order chi connectivity index (χ1) is 6.09. The average Bonchev–Trinajstić information content (AvgIpc) is 2.08. The lowest BCUT2D eigenvalue weighted by atomic mass is 10.4. The van der Waals surface area contributed by atoms with Crippen molar-refractivity contribution in [2.75, 3.05) is 5.32 Å². The van der Waals surface area contributed by atoms with E-state index in [0.717, 1.165) is 0 Å². The van der Waals surface area contributed by atoms with Crippen LogP contribution in [0, 0.1) is 0 Å². The summed E-state index contributed by atoms with van der Waals surface area (Å²) in [6, 6.07) is 3.25. The van der Waals surface area contributed by atoms with E-state index in [4.69, 9.17) is 23.2 Å². The van der Waals surface area contributed by atoms with Gasteiger partial charge in [-0.1, -0.05) is 11.6 Å². The predicted molar refractivity (Wildman–Crippen MR) is 53.2 cm³/mol. The van der Waals surface area contributed by atoms with Crippen LogP contribution in [0.25, 0.3) is 0 Å². The number of nitrogens with one attached hydrogen (secondary N) is 1. The number of hydrogen-bond donors (Lipinski definition) is 1. The zero-order chi connectivity index (χ0) is 9.84. The molecule has 0 unspecified atom stereocenters. The summed E-state index contributed by atoms with van der Waals surface area (Å²) in [6.45, 7) is 1.59. The number of alkyl halides is 1. The standard InChI is InChI=1S/C8H8Cl2N2O/c1-5(9)8(13)12-7-3-2-6(10)4-11-7/h2-5H,1H3,(H,11,12,13)/t5-/m0/s1. The van der Waals surface area contributed by atoms with Crippen molar-refractivity contribution in [3.8, 4) is 0 Å². The van der Waals surface area contributed by atoms with Gasteiger partial charge in [0.2, 0.25) is 5.91 Å². The number of nitrogens with zero attached hydrogens (tertiary/aromatic N) is 1. The second-order valence-corrected chi connectivity index (χ2v) is 3.56. The van der Waals surface area contributed by atoms with Crippen LogP contribution >= 0.6 is 23.2 Å². The summed E-state index contributed by atoms with van der Waals surface area (Å²) in [7, 11) is 0. The maximum absolute atomic E-state index is 11.1. The van der Waals surface area contributed by atoms with Crippen LogP contribution in [0.4, 0.5) is 5.82 Å². The van der Waals surface area contributed by atoms with Gasteiger partial charge in [-0.05, 0) is 19.1 Å². The molecule has 0 aromatic carbocycles. The zero-order valence-corrected chi connectivity index (χ0v) is 8.43. The van der Waals surface area contributed by atoms with Gasteiger partial charge >= 0.3 is 0 Å². The minimum absolute atomic E-state index is 0.281. The number of halogens is 2. The van der Waals surface area contributed by atoms with Gasteiger partial charge in [-0.25, -0.2) is 4.98 Å². The van der Waals surface area contributed by atoms with Gasteiger partial charge in [0, 0.05) is 6.20 Å². The first-order valence-electron chi connectivity index (χ1n) is 3.66. The maximum atomic E-state index is 11.1. The summed E-state index contributed by atoms with van der Waals surface area (Å²) in [5.41, 5.74) is 0. The number of aromatic nitrogens is 1. The summed E-state index contributed by atoms with van der Waals surface area (Å²) in [4.78, 5) is 15.0. The van der Waals surface area contributed by atoms with Crippen molar-refractivity contribution in [3.05, 3.63) is 23.4 Å². The SMILES string of the molecule is C[C@H](Cl)C(=O)Nc1ccc(Cl)cn1. The summed E-state index contributed by atoms with van der Waals surface area (Å²) in [5.74, 6) is 0.165. The second kappa shape index (κ2) is 4.44. The molecule has 1 amide bonds. The zero-order valence-electron chi connectivity index (χ0n) is 6.92. The number of hydrogen-bond acceptors (Lipinski definition) is 2. The smallest absolute Gasteiger partial charge is 0.243 e. The number of carbonyl (C=O) groups is 1. The highest BCUT2D eigenvalue weighted by Gasteiger charge is 2.08. The van der Waals surface area contributed by atoms with Crippen LogP contribution in [0.5, 0.6) is 0 Å². The van der Waals surface area contributed by atoms with Gasteiger partial charge in [-0.15, -0.1) is 11.6 Å². The first-order valence-corrected chi connectivity index (χ1v) is 4.47. The molecule has 0 bridgehead atoms. The highest BCUT2D eigenvalue weighted by atomic mass is 35.5. The average molecular weight is 219 g/mol. The molecule has 1 aromatic rings. The Morgan fingerprint density at radius 3 is 2.77 bits per heavy atom. The molecule has 0 saturated carbocycles. The molecule has 5 heteroatoms. The summed E-state index contributed by atoms with van der Waals surface area (Å²) >= 11 is 11.2. The third-order valence-corrected chi connectivity index (χ3v) is 1.76. The van der Waals surface area contributed by atoms with Gasteiger partial charge in [-0.2, -0.15) is 0 Å². The van der Waals surface area contributed by atoms with Crippen LogP contribution in [-0.2, 0) is 4.79 Å². The monoisotopic (exact) mass is 218 g/mol. The molecule has 0 spiro atoms. The summed E-state index contributed by atoms with van der Waals surface area (Å²) in [5, 5.41) is 2.48. The van der Waals surface area contributed by atoms with Crippen LogP contribution in [0.3, 0.4) is 0 Å². The molecular formula is C8H8Cl2N2O. The van der Waals surface area contributed by atoms with Crippen molar-refractivity contribution >= 4 is 34.9 Å². The molecule has 0 aliphatic heterocycles. The van der Waals surface area contributed by atoms with Crippen LogP contribution in [0.1, 0.15) is 6.92 Å². The van der Waals surface area contributed by atoms with E-state index in [-0.39, 0.29) is 5.91 Å². The van der Waals surface area contributed by atoms with Gasteiger partial charge in [0.05, 0.1) is 5.02 Å². The summed E-state index contributed by atoms with van der Waals surface area (Å²) in [6.07, 6.45) is 1.45. The van der Waals surface area contributed by atoms with Crippen molar-refractivity contribution in [1.82, 2.24) is 4.98 Å². The Labute approximate surface area is 86.1 Å². The predicted octanol–water partition coefficient (Wildman–Crippen LogP) is 2.30. The van der Waals surface area contributed by atoms with Crippen LogP contribution in [-0.4, -0.2) is 16.3 Å². The van der Waals surface area contributed by atoms with Crippen molar-refractivity contribution in [3.63, 3.8) is 0 Å². The highest BCUT2D eigenvalue weighted by Crippen LogP contribution is 2.10. The minimum Gasteiger partial charge on any atom is -0.309 e. The molecule has 0 aliphatic carbocycles. The van der Waals surface area contributed by atoms with E-state index in [0.29, 0.717) is 10.8 Å². The molecule has 0 saturated heterocycles. The number of pyridine rings is 1. The Balaban J connectivity index is 2.65. The Hall–Kier alpha value is -0.800. The van der Waals surface area contributed by atoms with E-state index < -0.39 is 5.38 Å². The number of anilines is 1. The molecule has 0 aliphatic rings. The Morgan fingerprint density at radius 1 is 1.62 bits per heavy atom. The number of carbonyl (C=O) groups excluding carboxylic acids is 1. The van der Waals surface area contributed by atoms with Crippen molar-refractivity contribution < 1.29 is 4.79 Å². The first kappa shape index (κ1) is 10.3. The fourth-order valence-electron chi connectivity index (χ4n) is 0.675. The van der Waals surface area contributed by atoms with Crippen LogP contribution < -0.4 is 5.32 Å². The molecule has 3 nitrogen and oxygen atoms in total. The van der Waals surface area contributed by atoms with Crippen molar-refractivity contribution in [2.24, 2.45) is 0 Å². The van der Waals surface area contributed by atoms with E-state index in [1.807, 2.05) is 0 Å². The van der Waals surface area contributed by atoms with Gasteiger partial charge in [0.1, 0.15) is 11.2 Å². The van der Waals surface area contributed by atoms with Crippen molar-refractivity contribution in [1.29, 1.82) is 0 Å². The second-order valence-electron chi connectivity index (χ2n) is 2.47. The lowest BCUT2D eigenvalue weighted by molar-refractivity contribution is -0.115. The third kappa shape index (κ3) is 3.20. The molecule has 70 valence electrons.